The van der Waals surface area contributed by atoms with Crippen LogP contribution >= 0.6 is 0 Å². The van der Waals surface area contributed by atoms with Crippen LogP contribution in [0.5, 0.6) is 0 Å². The lowest BCUT2D eigenvalue weighted by molar-refractivity contribution is 0.102. The number of carbonyl (C=O) groups is 1. The standard InChI is InChI=1S/C26H22N4O4S/c1-4-19-9-8-10-21(17-19)27-25(31)20-13-15-23(16-14-20)35(33,34)28-24-18(2)29(3)30(26(24)32)22-11-6-5-7-12-22/h1,5-17,28H,2-3H3,(H,27,31). The first-order valence-electron chi connectivity index (χ1n) is 10.6. The number of aromatic nitrogens is 2. The summed E-state index contributed by atoms with van der Waals surface area (Å²) < 4.78 is 31.4. The Labute approximate surface area is 202 Å². The van der Waals surface area contributed by atoms with E-state index in [0.717, 1.165) is 0 Å². The number of hydrogen-bond donors (Lipinski definition) is 2. The summed E-state index contributed by atoms with van der Waals surface area (Å²) in [5.74, 6) is 2.08. The van der Waals surface area contributed by atoms with Gasteiger partial charge in [0.05, 0.1) is 16.3 Å². The minimum absolute atomic E-state index is 0.0495. The van der Waals surface area contributed by atoms with Crippen molar-refractivity contribution in [3.8, 4) is 18.0 Å². The molecule has 35 heavy (non-hydrogen) atoms. The fraction of sp³-hybridized carbons (Fsp3) is 0.0769. The SMILES string of the molecule is C#Cc1cccc(NC(=O)c2ccc(S(=O)(=O)Nc3c(C)n(C)n(-c4ccccc4)c3=O)cc2)c1. The summed E-state index contributed by atoms with van der Waals surface area (Å²) in [6.45, 7) is 1.65. The molecule has 1 amide bonds. The molecular weight excluding hydrogens is 464 g/mol. The molecule has 0 aliphatic rings. The molecule has 0 saturated carbocycles. The van der Waals surface area contributed by atoms with E-state index in [1.54, 1.807) is 67.2 Å². The van der Waals surface area contributed by atoms with Gasteiger partial charge < -0.3 is 5.32 Å². The van der Waals surface area contributed by atoms with E-state index < -0.39 is 21.5 Å². The first kappa shape index (κ1) is 23.6. The molecule has 0 fully saturated rings. The molecule has 1 aromatic heterocycles. The van der Waals surface area contributed by atoms with Crippen molar-refractivity contribution in [2.24, 2.45) is 7.05 Å². The second kappa shape index (κ2) is 9.37. The predicted octanol–water partition coefficient (Wildman–Crippen LogP) is 3.52. The maximum absolute atomic E-state index is 13.0. The molecule has 4 rings (SSSR count). The van der Waals surface area contributed by atoms with Crippen LogP contribution in [0.4, 0.5) is 11.4 Å². The Morgan fingerprint density at radius 1 is 0.971 bits per heavy atom. The molecule has 8 nitrogen and oxygen atoms in total. The Bertz CT molecular complexity index is 1610. The number of para-hydroxylation sites is 1. The van der Waals surface area contributed by atoms with Crippen LogP contribution in [0.3, 0.4) is 0 Å². The van der Waals surface area contributed by atoms with Gasteiger partial charge in [0, 0.05) is 23.9 Å². The Kier molecular flexibility index (Phi) is 6.32. The number of nitrogens with one attached hydrogen (secondary N) is 2. The summed E-state index contributed by atoms with van der Waals surface area (Å²) in [5.41, 5.74) is 1.93. The molecule has 0 bridgehead atoms. The molecule has 4 aromatic rings. The maximum Gasteiger partial charge on any atom is 0.296 e. The predicted molar refractivity (Wildman–Crippen MR) is 135 cm³/mol. The number of amides is 1. The van der Waals surface area contributed by atoms with Crippen LogP contribution in [0.25, 0.3) is 5.69 Å². The fourth-order valence-corrected chi connectivity index (χ4v) is 4.67. The number of sulfonamides is 1. The van der Waals surface area contributed by atoms with Gasteiger partial charge in [-0.2, -0.15) is 0 Å². The van der Waals surface area contributed by atoms with E-state index in [-0.39, 0.29) is 16.1 Å². The average Bonchev–Trinajstić information content (AvgIpc) is 3.07. The lowest BCUT2D eigenvalue weighted by Crippen LogP contribution is -2.23. The summed E-state index contributed by atoms with van der Waals surface area (Å²) in [6, 6.07) is 21.2. The molecular formula is C26H22N4O4S. The van der Waals surface area contributed by atoms with Gasteiger partial charge in [-0.05, 0) is 61.5 Å². The van der Waals surface area contributed by atoms with Crippen LogP contribution in [0.2, 0.25) is 0 Å². The zero-order valence-corrected chi connectivity index (χ0v) is 19.8. The van der Waals surface area contributed by atoms with Crippen molar-refractivity contribution in [3.63, 3.8) is 0 Å². The largest absolute Gasteiger partial charge is 0.322 e. The molecule has 0 spiro atoms. The van der Waals surface area contributed by atoms with Crippen LogP contribution in [0, 0.1) is 19.3 Å². The highest BCUT2D eigenvalue weighted by atomic mass is 32.2. The van der Waals surface area contributed by atoms with Crippen molar-refractivity contribution in [2.45, 2.75) is 11.8 Å². The molecule has 9 heteroatoms. The highest BCUT2D eigenvalue weighted by molar-refractivity contribution is 7.92. The molecule has 1 heterocycles. The number of carbonyl (C=O) groups excluding carboxylic acids is 1. The summed E-state index contributed by atoms with van der Waals surface area (Å²) in [5, 5.41) is 2.72. The fourth-order valence-electron chi connectivity index (χ4n) is 3.55. The maximum atomic E-state index is 13.0. The summed E-state index contributed by atoms with van der Waals surface area (Å²) in [4.78, 5) is 25.5. The first-order chi connectivity index (χ1) is 16.7. The monoisotopic (exact) mass is 486 g/mol. The van der Waals surface area contributed by atoms with E-state index in [1.165, 1.54) is 28.9 Å². The van der Waals surface area contributed by atoms with Gasteiger partial charge in [-0.3, -0.25) is 19.0 Å². The minimum Gasteiger partial charge on any atom is -0.322 e. The third kappa shape index (κ3) is 4.74. The van der Waals surface area contributed by atoms with Gasteiger partial charge in [-0.1, -0.05) is 30.2 Å². The van der Waals surface area contributed by atoms with Gasteiger partial charge in [0.15, 0.2) is 0 Å². The Balaban J connectivity index is 1.57. The smallest absolute Gasteiger partial charge is 0.296 e. The zero-order chi connectivity index (χ0) is 25.2. The Morgan fingerprint density at radius 3 is 2.31 bits per heavy atom. The van der Waals surface area contributed by atoms with Crippen LogP contribution in [0.15, 0.2) is 88.6 Å². The summed E-state index contributed by atoms with van der Waals surface area (Å²) >= 11 is 0. The van der Waals surface area contributed by atoms with Crippen molar-refractivity contribution in [3.05, 3.63) is 106 Å². The zero-order valence-electron chi connectivity index (χ0n) is 19.0. The molecule has 0 unspecified atom stereocenters. The highest BCUT2D eigenvalue weighted by Gasteiger charge is 2.22. The van der Waals surface area contributed by atoms with Crippen molar-refractivity contribution in [1.82, 2.24) is 9.36 Å². The van der Waals surface area contributed by atoms with Crippen molar-refractivity contribution < 1.29 is 13.2 Å². The first-order valence-corrected chi connectivity index (χ1v) is 12.0. The Morgan fingerprint density at radius 2 is 1.66 bits per heavy atom. The van der Waals surface area contributed by atoms with Crippen LogP contribution in [-0.2, 0) is 17.1 Å². The quantitative estimate of drug-likeness (QED) is 0.407. The third-order valence-corrected chi connectivity index (χ3v) is 6.87. The number of terminal acetylenes is 1. The molecule has 0 radical (unpaired) electrons. The van der Waals surface area contributed by atoms with Gasteiger partial charge in [0.1, 0.15) is 5.69 Å². The Hall–Kier alpha value is -4.55. The molecule has 2 N–H and O–H groups in total. The average molecular weight is 487 g/mol. The van der Waals surface area contributed by atoms with Gasteiger partial charge in [-0.25, -0.2) is 13.1 Å². The number of benzene rings is 3. The van der Waals surface area contributed by atoms with Gasteiger partial charge in [0.2, 0.25) is 0 Å². The highest BCUT2D eigenvalue weighted by Crippen LogP contribution is 2.20. The number of anilines is 2. The van der Waals surface area contributed by atoms with Crippen molar-refractivity contribution in [2.75, 3.05) is 10.0 Å². The van der Waals surface area contributed by atoms with Gasteiger partial charge in [0.25, 0.3) is 21.5 Å². The van der Waals surface area contributed by atoms with Crippen LogP contribution in [0.1, 0.15) is 21.6 Å². The summed E-state index contributed by atoms with van der Waals surface area (Å²) in [7, 11) is -2.41. The molecule has 176 valence electrons. The van der Waals surface area contributed by atoms with E-state index in [2.05, 4.69) is 16.0 Å². The molecule has 0 atom stereocenters. The molecule has 3 aromatic carbocycles. The van der Waals surface area contributed by atoms with E-state index in [1.807, 2.05) is 6.07 Å². The second-order valence-corrected chi connectivity index (χ2v) is 9.43. The van der Waals surface area contributed by atoms with E-state index in [4.69, 9.17) is 6.42 Å². The van der Waals surface area contributed by atoms with Crippen molar-refractivity contribution >= 4 is 27.3 Å². The molecule has 0 aliphatic carbocycles. The van der Waals surface area contributed by atoms with Crippen LogP contribution in [-0.4, -0.2) is 23.7 Å². The minimum atomic E-state index is -4.08. The summed E-state index contributed by atoms with van der Waals surface area (Å²) in [6.07, 6.45) is 5.38. The normalized spacial score (nSPS) is 11.0. The lowest BCUT2D eigenvalue weighted by atomic mass is 10.2. The second-order valence-electron chi connectivity index (χ2n) is 7.75. The molecule has 0 aliphatic heterocycles. The van der Waals surface area contributed by atoms with E-state index in [9.17, 15) is 18.0 Å². The van der Waals surface area contributed by atoms with E-state index >= 15 is 0 Å². The molecule has 0 saturated heterocycles. The number of nitrogens with zero attached hydrogens (tertiary/aromatic N) is 2. The van der Waals surface area contributed by atoms with E-state index in [0.29, 0.717) is 22.6 Å². The van der Waals surface area contributed by atoms with Gasteiger partial charge in [-0.15, -0.1) is 6.42 Å². The lowest BCUT2D eigenvalue weighted by Gasteiger charge is -2.09. The van der Waals surface area contributed by atoms with Crippen LogP contribution < -0.4 is 15.6 Å². The van der Waals surface area contributed by atoms with Crippen molar-refractivity contribution in [1.29, 1.82) is 0 Å². The number of hydrogen-bond acceptors (Lipinski definition) is 4. The topological polar surface area (TPSA) is 102 Å². The third-order valence-electron chi connectivity index (χ3n) is 5.50. The van der Waals surface area contributed by atoms with Gasteiger partial charge >= 0.3 is 0 Å². The number of rotatable bonds is 6.